The number of nitrogens with one attached hydrogen (secondary N) is 1. The van der Waals surface area contributed by atoms with E-state index in [1.54, 1.807) is 13.2 Å². The van der Waals surface area contributed by atoms with Crippen molar-refractivity contribution < 1.29 is 14.3 Å². The van der Waals surface area contributed by atoms with E-state index in [1.165, 1.54) is 0 Å². The second-order valence-corrected chi connectivity index (χ2v) is 7.79. The van der Waals surface area contributed by atoms with Crippen LogP contribution in [-0.2, 0) is 4.74 Å². The van der Waals surface area contributed by atoms with Crippen LogP contribution in [0.3, 0.4) is 0 Å². The Morgan fingerprint density at radius 3 is 2.58 bits per heavy atom. The van der Waals surface area contributed by atoms with Crippen LogP contribution in [0.1, 0.15) is 15.9 Å². The summed E-state index contributed by atoms with van der Waals surface area (Å²) in [6, 6.07) is 9.51. The lowest BCUT2D eigenvalue weighted by Crippen LogP contribution is -2.36. The van der Waals surface area contributed by atoms with Crippen molar-refractivity contribution in [2.24, 2.45) is 0 Å². The largest absolute Gasteiger partial charge is 0.496 e. The van der Waals surface area contributed by atoms with Crippen LogP contribution < -0.4 is 15.0 Å². The second kappa shape index (κ2) is 8.41. The molecule has 1 heterocycles. The van der Waals surface area contributed by atoms with E-state index in [9.17, 15) is 4.79 Å². The summed E-state index contributed by atoms with van der Waals surface area (Å²) in [5.74, 6) is 0.368. The van der Waals surface area contributed by atoms with E-state index < -0.39 is 0 Å². The van der Waals surface area contributed by atoms with E-state index in [0.717, 1.165) is 52.2 Å². The number of ether oxygens (including phenoxy) is 2. The maximum atomic E-state index is 12.7. The Hall–Kier alpha value is -1.57. The Morgan fingerprint density at radius 1 is 1.19 bits per heavy atom. The molecular weight excluding hydrogens is 464 g/mol. The molecule has 0 unspecified atom stereocenters. The Morgan fingerprint density at radius 2 is 1.92 bits per heavy atom. The minimum atomic E-state index is -0.211. The van der Waals surface area contributed by atoms with Crippen molar-refractivity contribution in [2.45, 2.75) is 6.92 Å². The molecule has 0 atom stereocenters. The molecule has 138 valence electrons. The number of morpholine rings is 1. The molecule has 1 aliphatic rings. The van der Waals surface area contributed by atoms with Gasteiger partial charge in [0.15, 0.2) is 0 Å². The number of halogens is 2. The van der Waals surface area contributed by atoms with Crippen molar-refractivity contribution in [3.05, 3.63) is 50.4 Å². The van der Waals surface area contributed by atoms with E-state index >= 15 is 0 Å². The molecule has 0 spiro atoms. The summed E-state index contributed by atoms with van der Waals surface area (Å²) in [6.07, 6.45) is 0. The first-order valence-corrected chi connectivity index (χ1v) is 9.86. The minimum Gasteiger partial charge on any atom is -0.496 e. The summed E-state index contributed by atoms with van der Waals surface area (Å²) in [4.78, 5) is 15.0. The van der Waals surface area contributed by atoms with Gasteiger partial charge < -0.3 is 19.7 Å². The van der Waals surface area contributed by atoms with Crippen molar-refractivity contribution in [1.82, 2.24) is 0 Å². The van der Waals surface area contributed by atoms with Crippen molar-refractivity contribution in [3.8, 4) is 5.75 Å². The van der Waals surface area contributed by atoms with Gasteiger partial charge in [0.05, 0.1) is 31.6 Å². The summed E-state index contributed by atoms with van der Waals surface area (Å²) < 4.78 is 12.6. The molecule has 0 bridgehead atoms. The molecule has 1 aliphatic heterocycles. The maximum absolute atomic E-state index is 12.7. The Balaban J connectivity index is 1.81. The van der Waals surface area contributed by atoms with Crippen LogP contribution in [0.4, 0.5) is 11.4 Å². The number of rotatable bonds is 4. The Kier molecular flexibility index (Phi) is 6.21. The molecular formula is C19H20Br2N2O3. The number of amides is 1. The van der Waals surface area contributed by atoms with Gasteiger partial charge in [0.2, 0.25) is 0 Å². The number of nitrogens with zero attached hydrogens (tertiary/aromatic N) is 1. The first kappa shape index (κ1) is 19.2. The van der Waals surface area contributed by atoms with E-state index in [4.69, 9.17) is 9.47 Å². The highest BCUT2D eigenvalue weighted by Crippen LogP contribution is 2.32. The summed E-state index contributed by atoms with van der Waals surface area (Å²) in [5.41, 5.74) is 3.21. The van der Waals surface area contributed by atoms with Gasteiger partial charge in [0, 0.05) is 27.7 Å². The molecule has 1 amide bonds. The topological polar surface area (TPSA) is 50.8 Å². The van der Waals surface area contributed by atoms with Gasteiger partial charge in [-0.3, -0.25) is 4.79 Å². The van der Waals surface area contributed by atoms with Crippen molar-refractivity contribution >= 4 is 49.1 Å². The molecule has 26 heavy (non-hydrogen) atoms. The predicted octanol–water partition coefficient (Wildman–Crippen LogP) is 4.62. The summed E-state index contributed by atoms with van der Waals surface area (Å²) in [7, 11) is 1.57. The molecule has 0 saturated carbocycles. The number of carbonyl (C=O) groups is 1. The molecule has 1 N–H and O–H groups in total. The average Bonchev–Trinajstić information content (AvgIpc) is 2.62. The highest BCUT2D eigenvalue weighted by molar-refractivity contribution is 9.10. The van der Waals surface area contributed by atoms with E-state index in [1.807, 2.05) is 31.2 Å². The third-order valence-electron chi connectivity index (χ3n) is 4.25. The number of benzene rings is 2. The van der Waals surface area contributed by atoms with E-state index in [2.05, 4.69) is 42.1 Å². The monoisotopic (exact) mass is 482 g/mol. The van der Waals surface area contributed by atoms with Crippen LogP contribution in [0.15, 0.2) is 39.3 Å². The molecule has 3 rings (SSSR count). The van der Waals surface area contributed by atoms with Crippen molar-refractivity contribution in [2.75, 3.05) is 43.6 Å². The molecule has 0 radical (unpaired) electrons. The Bertz CT molecular complexity index is 821. The molecule has 1 fully saturated rings. The number of hydrogen-bond acceptors (Lipinski definition) is 4. The fraction of sp³-hybridized carbons (Fsp3) is 0.316. The van der Waals surface area contributed by atoms with Gasteiger partial charge in [-0.2, -0.15) is 0 Å². The Labute approximate surface area is 169 Å². The zero-order chi connectivity index (χ0) is 18.7. The van der Waals surface area contributed by atoms with Crippen molar-refractivity contribution in [3.63, 3.8) is 0 Å². The first-order chi connectivity index (χ1) is 12.5. The normalized spacial score (nSPS) is 14.2. The lowest BCUT2D eigenvalue weighted by Gasteiger charge is -2.29. The molecule has 2 aromatic carbocycles. The van der Waals surface area contributed by atoms with Gasteiger partial charge in [-0.25, -0.2) is 0 Å². The number of hydrogen-bond donors (Lipinski definition) is 1. The van der Waals surface area contributed by atoms with Gasteiger partial charge in [-0.15, -0.1) is 0 Å². The van der Waals surface area contributed by atoms with Crippen LogP contribution in [0.5, 0.6) is 5.75 Å². The number of methoxy groups -OCH3 is 1. The molecule has 0 aliphatic carbocycles. The zero-order valence-corrected chi connectivity index (χ0v) is 17.8. The zero-order valence-electron chi connectivity index (χ0n) is 14.6. The highest BCUT2D eigenvalue weighted by Gasteiger charge is 2.18. The standard InChI is InChI=1S/C19H20Br2N2O3/c1-12-9-13(20)10-15(18(12)25-2)19(24)22-14-3-4-17(16(21)11-14)23-5-7-26-8-6-23/h3-4,9-11H,5-8H2,1-2H3,(H,22,24). The minimum absolute atomic E-state index is 0.211. The number of anilines is 2. The fourth-order valence-corrected chi connectivity index (χ4v) is 4.22. The van der Waals surface area contributed by atoms with Crippen LogP contribution in [0.2, 0.25) is 0 Å². The smallest absolute Gasteiger partial charge is 0.259 e. The molecule has 1 saturated heterocycles. The third-order valence-corrected chi connectivity index (χ3v) is 5.34. The first-order valence-electron chi connectivity index (χ1n) is 8.27. The average molecular weight is 484 g/mol. The number of aryl methyl sites for hydroxylation is 1. The molecule has 7 heteroatoms. The molecule has 2 aromatic rings. The quantitative estimate of drug-likeness (QED) is 0.689. The molecule has 0 aromatic heterocycles. The number of carbonyl (C=O) groups excluding carboxylic acids is 1. The second-order valence-electron chi connectivity index (χ2n) is 6.02. The van der Waals surface area contributed by atoms with Gasteiger partial charge in [0.25, 0.3) is 5.91 Å². The van der Waals surface area contributed by atoms with E-state index in [0.29, 0.717) is 11.3 Å². The lowest BCUT2D eigenvalue weighted by molar-refractivity contribution is 0.102. The van der Waals surface area contributed by atoms with Gasteiger partial charge in [0.1, 0.15) is 5.75 Å². The fourth-order valence-electron chi connectivity index (χ4n) is 3.01. The molecule has 5 nitrogen and oxygen atoms in total. The lowest BCUT2D eigenvalue weighted by atomic mass is 10.1. The summed E-state index contributed by atoms with van der Waals surface area (Å²) in [5, 5.41) is 2.95. The van der Waals surface area contributed by atoms with Crippen LogP contribution in [-0.4, -0.2) is 39.3 Å². The van der Waals surface area contributed by atoms with Crippen LogP contribution >= 0.6 is 31.9 Å². The maximum Gasteiger partial charge on any atom is 0.259 e. The predicted molar refractivity (Wildman–Crippen MR) is 111 cm³/mol. The van der Waals surface area contributed by atoms with Crippen molar-refractivity contribution in [1.29, 1.82) is 0 Å². The third kappa shape index (κ3) is 4.22. The van der Waals surface area contributed by atoms with Crippen LogP contribution in [0.25, 0.3) is 0 Å². The van der Waals surface area contributed by atoms with Gasteiger partial charge in [-0.1, -0.05) is 15.9 Å². The van der Waals surface area contributed by atoms with E-state index in [-0.39, 0.29) is 5.91 Å². The van der Waals surface area contributed by atoms with Gasteiger partial charge >= 0.3 is 0 Å². The highest BCUT2D eigenvalue weighted by atomic mass is 79.9. The SMILES string of the molecule is COc1c(C)cc(Br)cc1C(=O)Nc1ccc(N2CCOCC2)c(Br)c1. The van der Waals surface area contributed by atoms with Gasteiger partial charge in [-0.05, 0) is 58.7 Å². The summed E-state index contributed by atoms with van der Waals surface area (Å²) >= 11 is 7.05. The summed E-state index contributed by atoms with van der Waals surface area (Å²) in [6.45, 7) is 5.09. The van der Waals surface area contributed by atoms with Crippen LogP contribution in [0, 0.1) is 6.92 Å².